The zero-order valence-electron chi connectivity index (χ0n) is 21.3. The van der Waals surface area contributed by atoms with Crippen molar-refractivity contribution in [2.75, 3.05) is 18.4 Å². The van der Waals surface area contributed by atoms with E-state index in [9.17, 15) is 14.4 Å². The smallest absolute Gasteiger partial charge is 0.267 e. The Labute approximate surface area is 227 Å². The highest BCUT2D eigenvalue weighted by molar-refractivity contribution is 5.97. The highest BCUT2D eigenvalue weighted by Crippen LogP contribution is 2.12. The average molecular weight is 524 g/mol. The first-order valence-corrected chi connectivity index (χ1v) is 12.1. The standard InChI is InChI=1S/C30H29N5O4/c1-21(24-9-3-2-4-10-24)32-20-28(36)33-26-17-13-23(14-18-26)8-6-5-7-22-11-15-25(16-12-22)29(37)34-27(19-31)30(38)35-39/h2-4,9-18,21,27,32,39H,19-20,31H2,1H3,(H,33,36)(H,34,37)(H,35,38)/t21-,27+/m1/s1. The first-order chi connectivity index (χ1) is 18.9. The van der Waals surface area contributed by atoms with E-state index in [1.54, 1.807) is 48.5 Å². The first kappa shape index (κ1) is 28.6. The number of rotatable bonds is 9. The van der Waals surface area contributed by atoms with Crippen molar-refractivity contribution >= 4 is 23.4 Å². The first-order valence-electron chi connectivity index (χ1n) is 12.1. The Kier molecular flexibility index (Phi) is 10.8. The van der Waals surface area contributed by atoms with Gasteiger partial charge >= 0.3 is 0 Å². The Balaban J connectivity index is 1.48. The highest BCUT2D eigenvalue weighted by Gasteiger charge is 2.19. The molecule has 0 bridgehead atoms. The Morgan fingerprint density at radius 3 is 2.03 bits per heavy atom. The molecule has 2 atom stereocenters. The lowest BCUT2D eigenvalue weighted by molar-refractivity contribution is -0.130. The van der Waals surface area contributed by atoms with Crippen molar-refractivity contribution in [1.82, 2.24) is 16.1 Å². The summed E-state index contributed by atoms with van der Waals surface area (Å²) in [6.07, 6.45) is 0. The van der Waals surface area contributed by atoms with Gasteiger partial charge in [0.15, 0.2) is 0 Å². The lowest BCUT2D eigenvalue weighted by Crippen LogP contribution is -2.50. The van der Waals surface area contributed by atoms with Crippen LogP contribution in [0.1, 0.15) is 40.0 Å². The zero-order valence-corrected chi connectivity index (χ0v) is 21.3. The molecule has 9 heteroatoms. The molecule has 0 fully saturated rings. The van der Waals surface area contributed by atoms with Crippen molar-refractivity contribution < 1.29 is 19.6 Å². The zero-order chi connectivity index (χ0) is 28.0. The molecule has 3 aromatic carbocycles. The van der Waals surface area contributed by atoms with Crippen LogP contribution in [0.5, 0.6) is 0 Å². The van der Waals surface area contributed by atoms with Gasteiger partial charge in [0.1, 0.15) is 6.04 Å². The second-order valence-electron chi connectivity index (χ2n) is 8.45. The normalized spacial score (nSPS) is 11.5. The molecule has 0 saturated carbocycles. The summed E-state index contributed by atoms with van der Waals surface area (Å²) < 4.78 is 0. The van der Waals surface area contributed by atoms with Crippen LogP contribution in [0.25, 0.3) is 0 Å². The van der Waals surface area contributed by atoms with Gasteiger partial charge in [-0.3, -0.25) is 19.6 Å². The lowest BCUT2D eigenvalue weighted by atomic mass is 10.1. The van der Waals surface area contributed by atoms with Crippen LogP contribution in [-0.2, 0) is 9.59 Å². The third-order valence-corrected chi connectivity index (χ3v) is 5.63. The highest BCUT2D eigenvalue weighted by atomic mass is 16.5. The second-order valence-corrected chi connectivity index (χ2v) is 8.45. The van der Waals surface area contributed by atoms with Gasteiger partial charge < -0.3 is 21.7 Å². The number of nitrogens with two attached hydrogens (primary N) is 1. The SMILES string of the molecule is C[C@@H](NCC(=O)Nc1ccc(C#CC#Cc2ccc(C(=O)N[C@@H](CN)C(=O)NO)cc2)cc1)c1ccccc1. The summed E-state index contributed by atoms with van der Waals surface area (Å²) in [5, 5.41) is 17.2. The Morgan fingerprint density at radius 2 is 1.46 bits per heavy atom. The van der Waals surface area contributed by atoms with Crippen LogP contribution in [0.2, 0.25) is 0 Å². The summed E-state index contributed by atoms with van der Waals surface area (Å²) in [6.45, 7) is 2.03. The van der Waals surface area contributed by atoms with E-state index < -0.39 is 17.9 Å². The van der Waals surface area contributed by atoms with Crippen LogP contribution in [0, 0.1) is 23.7 Å². The summed E-state index contributed by atoms with van der Waals surface area (Å²) >= 11 is 0. The summed E-state index contributed by atoms with van der Waals surface area (Å²) in [6, 6.07) is 22.5. The number of nitrogens with one attached hydrogen (secondary N) is 4. The van der Waals surface area contributed by atoms with E-state index in [0.717, 1.165) is 11.1 Å². The van der Waals surface area contributed by atoms with Crippen molar-refractivity contribution in [1.29, 1.82) is 0 Å². The molecule has 0 aliphatic rings. The molecule has 3 aromatic rings. The molecule has 3 rings (SSSR count). The minimum Gasteiger partial charge on any atom is -0.339 e. The molecule has 0 heterocycles. The number of hydrogen-bond acceptors (Lipinski definition) is 6. The molecule has 3 amide bonds. The molecule has 0 aromatic heterocycles. The van der Waals surface area contributed by atoms with Gasteiger partial charge in [0, 0.05) is 35.0 Å². The van der Waals surface area contributed by atoms with Gasteiger partial charge in [-0.05, 0) is 72.9 Å². The molecular weight excluding hydrogens is 494 g/mol. The molecule has 0 aliphatic carbocycles. The lowest BCUT2D eigenvalue weighted by Gasteiger charge is -2.14. The van der Waals surface area contributed by atoms with Crippen LogP contribution in [-0.4, -0.2) is 42.1 Å². The fraction of sp³-hybridized carbons (Fsp3) is 0.167. The third kappa shape index (κ3) is 9.15. The number of amides is 3. The number of hydroxylamine groups is 1. The predicted molar refractivity (Wildman–Crippen MR) is 148 cm³/mol. The van der Waals surface area contributed by atoms with Crippen molar-refractivity contribution in [2.45, 2.75) is 19.0 Å². The van der Waals surface area contributed by atoms with E-state index in [1.165, 1.54) is 5.48 Å². The summed E-state index contributed by atoms with van der Waals surface area (Å²) in [4.78, 5) is 36.0. The quantitative estimate of drug-likeness (QED) is 0.144. The number of carbonyl (C=O) groups excluding carboxylic acids is 3. The Hall–Kier alpha value is -4.93. The second kappa shape index (κ2) is 14.7. The maximum atomic E-state index is 12.3. The Bertz CT molecular complexity index is 1400. The van der Waals surface area contributed by atoms with Crippen molar-refractivity contribution in [3.8, 4) is 23.7 Å². The van der Waals surface area contributed by atoms with Crippen LogP contribution in [0.4, 0.5) is 5.69 Å². The molecule has 0 radical (unpaired) electrons. The van der Waals surface area contributed by atoms with Gasteiger partial charge in [-0.2, -0.15) is 0 Å². The van der Waals surface area contributed by atoms with Crippen LogP contribution >= 0.6 is 0 Å². The summed E-state index contributed by atoms with van der Waals surface area (Å²) in [7, 11) is 0. The van der Waals surface area contributed by atoms with Crippen molar-refractivity contribution in [3.63, 3.8) is 0 Å². The van der Waals surface area contributed by atoms with E-state index in [1.807, 2.05) is 37.3 Å². The van der Waals surface area contributed by atoms with Gasteiger partial charge in [0.25, 0.3) is 11.8 Å². The maximum absolute atomic E-state index is 12.3. The maximum Gasteiger partial charge on any atom is 0.267 e. The number of benzene rings is 3. The van der Waals surface area contributed by atoms with Gasteiger partial charge in [-0.1, -0.05) is 42.2 Å². The molecule has 0 unspecified atom stereocenters. The fourth-order valence-corrected chi connectivity index (χ4v) is 3.41. The molecule has 9 nitrogen and oxygen atoms in total. The van der Waals surface area contributed by atoms with E-state index in [2.05, 4.69) is 39.6 Å². The van der Waals surface area contributed by atoms with E-state index >= 15 is 0 Å². The van der Waals surface area contributed by atoms with Gasteiger partial charge in [-0.25, -0.2) is 5.48 Å². The van der Waals surface area contributed by atoms with Gasteiger partial charge in [0.2, 0.25) is 5.91 Å². The summed E-state index contributed by atoms with van der Waals surface area (Å²) in [5.41, 5.74) is 10.4. The minimum absolute atomic E-state index is 0.0596. The number of carbonyl (C=O) groups is 3. The number of hydrogen-bond donors (Lipinski definition) is 6. The summed E-state index contributed by atoms with van der Waals surface area (Å²) in [5.74, 6) is 9.94. The molecule has 39 heavy (non-hydrogen) atoms. The molecule has 0 spiro atoms. The molecule has 7 N–H and O–H groups in total. The fourth-order valence-electron chi connectivity index (χ4n) is 3.41. The van der Waals surface area contributed by atoms with Crippen LogP contribution < -0.4 is 27.2 Å². The van der Waals surface area contributed by atoms with Crippen molar-refractivity contribution in [2.24, 2.45) is 5.73 Å². The largest absolute Gasteiger partial charge is 0.339 e. The van der Waals surface area contributed by atoms with Crippen LogP contribution in [0.3, 0.4) is 0 Å². The average Bonchev–Trinajstić information content (AvgIpc) is 2.97. The Morgan fingerprint density at radius 1 is 0.872 bits per heavy atom. The predicted octanol–water partition coefficient (Wildman–Crippen LogP) is 1.94. The monoisotopic (exact) mass is 523 g/mol. The van der Waals surface area contributed by atoms with Crippen LogP contribution in [0.15, 0.2) is 78.9 Å². The molecule has 0 saturated heterocycles. The molecular formula is C30H29N5O4. The van der Waals surface area contributed by atoms with Crippen molar-refractivity contribution in [3.05, 3.63) is 101 Å². The topological polar surface area (TPSA) is 146 Å². The molecule has 0 aliphatic heterocycles. The van der Waals surface area contributed by atoms with Gasteiger partial charge in [0.05, 0.1) is 6.54 Å². The minimum atomic E-state index is -1.05. The number of anilines is 1. The molecule has 198 valence electrons. The van der Waals surface area contributed by atoms with E-state index in [-0.39, 0.29) is 25.0 Å². The van der Waals surface area contributed by atoms with E-state index in [4.69, 9.17) is 10.9 Å². The van der Waals surface area contributed by atoms with E-state index in [0.29, 0.717) is 16.8 Å². The van der Waals surface area contributed by atoms with Gasteiger partial charge in [-0.15, -0.1) is 0 Å². The third-order valence-electron chi connectivity index (χ3n) is 5.63.